The smallest absolute Gasteiger partial charge is 0.471 e. The molecular formula is C20H19F3N4O4S. The van der Waals surface area contributed by atoms with Gasteiger partial charge < -0.3 is 9.26 Å². The van der Waals surface area contributed by atoms with Crippen LogP contribution in [0.4, 0.5) is 13.2 Å². The van der Waals surface area contributed by atoms with Crippen LogP contribution in [0.25, 0.3) is 11.4 Å². The molecule has 0 N–H and O–H groups in total. The molecule has 0 amide bonds. The molecule has 3 heterocycles. The number of hydrogen-bond acceptors (Lipinski definition) is 7. The molecule has 0 radical (unpaired) electrons. The number of nitrogens with zero attached hydrogens (tertiary/aromatic N) is 4. The topological polar surface area (TPSA) is 98.4 Å². The van der Waals surface area contributed by atoms with Crippen molar-refractivity contribution in [1.29, 1.82) is 0 Å². The molecule has 0 aliphatic carbocycles. The van der Waals surface area contributed by atoms with E-state index in [0.717, 1.165) is 5.56 Å². The summed E-state index contributed by atoms with van der Waals surface area (Å²) in [5, 5.41) is 3.30. The summed E-state index contributed by atoms with van der Waals surface area (Å²) < 4.78 is 74.4. The number of sulfonamides is 1. The van der Waals surface area contributed by atoms with Crippen molar-refractivity contribution in [1.82, 2.24) is 19.4 Å². The molecule has 0 unspecified atom stereocenters. The third kappa shape index (κ3) is 5.25. The van der Waals surface area contributed by atoms with E-state index in [1.165, 1.54) is 22.6 Å². The summed E-state index contributed by atoms with van der Waals surface area (Å²) in [5.74, 6) is -1.44. The third-order valence-electron chi connectivity index (χ3n) is 4.94. The minimum absolute atomic E-state index is 0.0152. The number of hydrogen-bond donors (Lipinski definition) is 0. The van der Waals surface area contributed by atoms with E-state index in [-0.39, 0.29) is 35.7 Å². The highest BCUT2D eigenvalue weighted by Gasteiger charge is 2.38. The van der Waals surface area contributed by atoms with E-state index >= 15 is 0 Å². The SMILES string of the molecule is O=S(=O)(CCc1ccccc1)N1CC[C@@H](Oc2ccc(-c3noc(C(F)(F)F)n3)cn2)C1. The third-order valence-corrected chi connectivity index (χ3v) is 6.78. The normalized spacial score (nSPS) is 17.5. The minimum atomic E-state index is -4.72. The second kappa shape index (κ2) is 8.87. The van der Waals surface area contributed by atoms with Gasteiger partial charge in [-0.05, 0) is 24.5 Å². The van der Waals surface area contributed by atoms with Crippen molar-refractivity contribution in [3.8, 4) is 17.3 Å². The molecule has 2 aromatic heterocycles. The average molecular weight is 468 g/mol. The Morgan fingerprint density at radius 2 is 1.94 bits per heavy atom. The zero-order chi connectivity index (χ0) is 22.8. The first-order valence-corrected chi connectivity index (χ1v) is 11.4. The fourth-order valence-electron chi connectivity index (χ4n) is 3.28. The van der Waals surface area contributed by atoms with Crippen molar-refractivity contribution in [3.63, 3.8) is 0 Å². The maximum absolute atomic E-state index is 12.6. The number of pyridine rings is 1. The second-order valence-electron chi connectivity index (χ2n) is 7.24. The van der Waals surface area contributed by atoms with Crippen LogP contribution < -0.4 is 4.74 Å². The summed E-state index contributed by atoms with van der Waals surface area (Å²) in [5.41, 5.74) is 1.18. The van der Waals surface area contributed by atoms with Gasteiger partial charge in [-0.2, -0.15) is 22.5 Å². The molecule has 0 saturated carbocycles. The number of halogens is 3. The van der Waals surface area contributed by atoms with Crippen LogP contribution in [0, 0.1) is 0 Å². The molecule has 0 spiro atoms. The fourth-order valence-corrected chi connectivity index (χ4v) is 4.80. The Hall–Kier alpha value is -2.99. The predicted molar refractivity (Wildman–Crippen MR) is 107 cm³/mol. The average Bonchev–Trinajstić information content (AvgIpc) is 3.44. The van der Waals surface area contributed by atoms with E-state index in [0.29, 0.717) is 19.4 Å². The van der Waals surface area contributed by atoms with Crippen molar-refractivity contribution in [2.24, 2.45) is 0 Å². The minimum Gasteiger partial charge on any atom is -0.473 e. The van der Waals surface area contributed by atoms with E-state index < -0.39 is 22.1 Å². The molecule has 170 valence electrons. The Bertz CT molecular complexity index is 1150. The fraction of sp³-hybridized carbons (Fsp3) is 0.350. The van der Waals surface area contributed by atoms with Gasteiger partial charge in [0.1, 0.15) is 6.10 Å². The Morgan fingerprint density at radius 1 is 1.16 bits per heavy atom. The molecule has 1 saturated heterocycles. The number of alkyl halides is 3. The number of aromatic nitrogens is 3. The van der Waals surface area contributed by atoms with Gasteiger partial charge in [-0.15, -0.1) is 0 Å². The lowest BCUT2D eigenvalue weighted by Crippen LogP contribution is -2.33. The summed E-state index contributed by atoms with van der Waals surface area (Å²) >= 11 is 0. The summed E-state index contributed by atoms with van der Waals surface area (Å²) in [6.07, 6.45) is -2.89. The molecule has 3 aromatic rings. The number of rotatable bonds is 7. The van der Waals surface area contributed by atoms with Gasteiger partial charge in [-0.1, -0.05) is 35.5 Å². The Kier molecular flexibility index (Phi) is 6.15. The van der Waals surface area contributed by atoms with Gasteiger partial charge >= 0.3 is 12.1 Å². The van der Waals surface area contributed by atoms with Crippen molar-refractivity contribution >= 4 is 10.0 Å². The van der Waals surface area contributed by atoms with Crippen LogP contribution in [0.15, 0.2) is 53.2 Å². The summed E-state index contributed by atoms with van der Waals surface area (Å²) in [4.78, 5) is 7.36. The summed E-state index contributed by atoms with van der Waals surface area (Å²) in [6, 6.07) is 12.3. The molecule has 32 heavy (non-hydrogen) atoms. The molecule has 1 aliphatic rings. The molecule has 1 aromatic carbocycles. The molecule has 12 heteroatoms. The molecular weight excluding hydrogens is 449 g/mol. The summed E-state index contributed by atoms with van der Waals surface area (Å²) in [7, 11) is -3.42. The number of benzene rings is 1. The van der Waals surface area contributed by atoms with Crippen LogP contribution in [0.1, 0.15) is 17.9 Å². The zero-order valence-electron chi connectivity index (χ0n) is 16.7. The van der Waals surface area contributed by atoms with Gasteiger partial charge in [-0.3, -0.25) is 0 Å². The second-order valence-corrected chi connectivity index (χ2v) is 9.33. The Balaban J connectivity index is 1.33. The lowest BCUT2D eigenvalue weighted by molar-refractivity contribution is -0.159. The number of aryl methyl sites for hydroxylation is 1. The lowest BCUT2D eigenvalue weighted by atomic mass is 10.2. The van der Waals surface area contributed by atoms with Crippen LogP contribution in [0.5, 0.6) is 5.88 Å². The summed E-state index contributed by atoms with van der Waals surface area (Å²) in [6.45, 7) is 0.559. The van der Waals surface area contributed by atoms with Crippen molar-refractivity contribution < 1.29 is 30.8 Å². The Morgan fingerprint density at radius 3 is 2.59 bits per heavy atom. The maximum Gasteiger partial charge on any atom is 0.471 e. The van der Waals surface area contributed by atoms with E-state index in [1.54, 1.807) is 0 Å². The first kappa shape index (κ1) is 22.2. The van der Waals surface area contributed by atoms with Gasteiger partial charge in [0.15, 0.2) is 0 Å². The van der Waals surface area contributed by atoms with E-state index in [2.05, 4.69) is 19.6 Å². The van der Waals surface area contributed by atoms with Gasteiger partial charge in [0.2, 0.25) is 21.7 Å². The molecule has 0 bridgehead atoms. The lowest BCUT2D eigenvalue weighted by Gasteiger charge is -2.17. The van der Waals surface area contributed by atoms with Crippen molar-refractivity contribution in [2.75, 3.05) is 18.8 Å². The van der Waals surface area contributed by atoms with E-state index in [4.69, 9.17) is 4.74 Å². The van der Waals surface area contributed by atoms with Gasteiger partial charge in [0, 0.05) is 24.4 Å². The maximum atomic E-state index is 12.6. The van der Waals surface area contributed by atoms with Gasteiger partial charge in [0.05, 0.1) is 12.3 Å². The van der Waals surface area contributed by atoms with E-state index in [1.807, 2.05) is 30.3 Å². The van der Waals surface area contributed by atoms with Crippen LogP contribution in [0.2, 0.25) is 0 Å². The molecule has 8 nitrogen and oxygen atoms in total. The van der Waals surface area contributed by atoms with Crippen molar-refractivity contribution in [2.45, 2.75) is 25.1 Å². The highest BCUT2D eigenvalue weighted by molar-refractivity contribution is 7.89. The first-order valence-electron chi connectivity index (χ1n) is 9.76. The molecule has 1 fully saturated rings. The quantitative estimate of drug-likeness (QED) is 0.525. The predicted octanol–water partition coefficient (Wildman–Crippen LogP) is 3.18. The first-order chi connectivity index (χ1) is 15.2. The highest BCUT2D eigenvalue weighted by Crippen LogP contribution is 2.29. The van der Waals surface area contributed by atoms with Gasteiger partial charge in [-0.25, -0.2) is 13.4 Å². The van der Waals surface area contributed by atoms with Crippen LogP contribution >= 0.6 is 0 Å². The standard InChI is InChI=1S/C20H19F3N4O4S/c21-20(22,23)19-25-18(26-31-19)15-6-7-17(24-12-15)30-16-8-10-27(13-16)32(28,29)11-9-14-4-2-1-3-5-14/h1-7,12,16H,8-11,13H2/t16-/m1/s1. The largest absolute Gasteiger partial charge is 0.473 e. The van der Waals surface area contributed by atoms with Gasteiger partial charge in [0.25, 0.3) is 0 Å². The Labute approximate surface area is 182 Å². The van der Waals surface area contributed by atoms with Crippen LogP contribution in [-0.2, 0) is 22.6 Å². The van der Waals surface area contributed by atoms with Crippen LogP contribution in [0.3, 0.4) is 0 Å². The van der Waals surface area contributed by atoms with Crippen LogP contribution in [-0.4, -0.2) is 52.8 Å². The zero-order valence-corrected chi connectivity index (χ0v) is 17.5. The molecule has 1 aliphatic heterocycles. The van der Waals surface area contributed by atoms with E-state index in [9.17, 15) is 21.6 Å². The number of ether oxygens (including phenoxy) is 1. The van der Waals surface area contributed by atoms with Crippen molar-refractivity contribution in [3.05, 3.63) is 60.1 Å². The highest BCUT2D eigenvalue weighted by atomic mass is 32.2. The molecule has 1 atom stereocenters. The monoisotopic (exact) mass is 468 g/mol. The molecule has 4 rings (SSSR count).